The molecular weight excluding hydrogens is 302 g/mol. The molecule has 0 aliphatic carbocycles. The number of nitrogens with zero attached hydrogens (tertiary/aromatic N) is 1. The second-order valence-corrected chi connectivity index (χ2v) is 5.62. The van der Waals surface area contributed by atoms with E-state index in [0.29, 0.717) is 5.56 Å². The number of aromatic nitrogens is 2. The number of ether oxygens (including phenoxy) is 1. The number of amides is 1. The van der Waals surface area contributed by atoms with Crippen molar-refractivity contribution in [3.8, 4) is 17.0 Å². The molecule has 0 atom stereocenters. The van der Waals surface area contributed by atoms with E-state index in [0.717, 1.165) is 38.7 Å². The molecule has 0 unspecified atom stereocenters. The number of hydrogen-bond donors (Lipinski definition) is 2. The van der Waals surface area contributed by atoms with Gasteiger partial charge in [-0.05, 0) is 47.2 Å². The molecule has 0 spiro atoms. The van der Waals surface area contributed by atoms with E-state index in [1.165, 1.54) is 0 Å². The molecule has 0 aliphatic rings. The van der Waals surface area contributed by atoms with Crippen molar-refractivity contribution < 1.29 is 9.53 Å². The van der Waals surface area contributed by atoms with Crippen LogP contribution in [0.1, 0.15) is 10.4 Å². The van der Waals surface area contributed by atoms with Gasteiger partial charge in [0, 0.05) is 16.5 Å². The average molecular weight is 317 g/mol. The molecule has 0 saturated carbocycles. The van der Waals surface area contributed by atoms with Gasteiger partial charge in [0.2, 0.25) is 5.91 Å². The number of rotatable bonds is 3. The first-order chi connectivity index (χ1) is 11.7. The predicted molar refractivity (Wildman–Crippen MR) is 94.1 cm³/mol. The van der Waals surface area contributed by atoms with Gasteiger partial charge in [-0.3, -0.25) is 9.89 Å². The summed E-state index contributed by atoms with van der Waals surface area (Å²) in [7, 11) is 1.65. The van der Waals surface area contributed by atoms with Crippen LogP contribution in [0.25, 0.3) is 32.9 Å². The third kappa shape index (κ3) is 2.27. The fourth-order valence-corrected chi connectivity index (χ4v) is 2.89. The summed E-state index contributed by atoms with van der Waals surface area (Å²) in [5, 5.41) is 10.5. The molecular formula is C19H15N3O2. The quantitative estimate of drug-likeness (QED) is 0.607. The summed E-state index contributed by atoms with van der Waals surface area (Å²) in [6.45, 7) is 0. The van der Waals surface area contributed by atoms with Crippen molar-refractivity contribution in [2.45, 2.75) is 0 Å². The lowest BCUT2D eigenvalue weighted by Gasteiger charge is -2.05. The number of methoxy groups -OCH3 is 1. The van der Waals surface area contributed by atoms with Gasteiger partial charge in [0.05, 0.1) is 18.3 Å². The molecule has 0 bridgehead atoms. The van der Waals surface area contributed by atoms with Gasteiger partial charge in [-0.25, -0.2) is 0 Å². The molecule has 4 aromatic rings. The fourth-order valence-electron chi connectivity index (χ4n) is 2.89. The number of carbonyl (C=O) groups is 1. The summed E-state index contributed by atoms with van der Waals surface area (Å²) in [6, 6.07) is 17.3. The van der Waals surface area contributed by atoms with E-state index in [4.69, 9.17) is 10.5 Å². The van der Waals surface area contributed by atoms with Crippen molar-refractivity contribution >= 4 is 27.6 Å². The van der Waals surface area contributed by atoms with Gasteiger partial charge in [0.15, 0.2) is 0 Å². The van der Waals surface area contributed by atoms with Crippen LogP contribution >= 0.6 is 0 Å². The van der Waals surface area contributed by atoms with E-state index in [1.807, 2.05) is 36.4 Å². The smallest absolute Gasteiger partial charge is 0.248 e. The van der Waals surface area contributed by atoms with Gasteiger partial charge in [-0.1, -0.05) is 18.2 Å². The van der Waals surface area contributed by atoms with Gasteiger partial charge in [-0.15, -0.1) is 0 Å². The van der Waals surface area contributed by atoms with Crippen LogP contribution in [0, 0.1) is 0 Å². The Morgan fingerprint density at radius 1 is 1.04 bits per heavy atom. The zero-order valence-electron chi connectivity index (χ0n) is 13.0. The molecule has 5 nitrogen and oxygen atoms in total. The van der Waals surface area contributed by atoms with Gasteiger partial charge in [0.1, 0.15) is 5.75 Å². The van der Waals surface area contributed by atoms with Crippen molar-refractivity contribution in [2.24, 2.45) is 5.73 Å². The highest BCUT2D eigenvalue weighted by molar-refractivity contribution is 6.01. The minimum absolute atomic E-state index is 0.449. The van der Waals surface area contributed by atoms with Crippen LogP contribution in [0.5, 0.6) is 5.75 Å². The third-order valence-electron chi connectivity index (χ3n) is 4.17. The number of hydrogen-bond acceptors (Lipinski definition) is 3. The maximum Gasteiger partial charge on any atom is 0.248 e. The second-order valence-electron chi connectivity index (χ2n) is 5.62. The van der Waals surface area contributed by atoms with Crippen molar-refractivity contribution in [3.05, 3.63) is 60.2 Å². The number of benzene rings is 3. The average Bonchev–Trinajstić information content (AvgIpc) is 3.03. The largest absolute Gasteiger partial charge is 0.497 e. The molecule has 3 aromatic carbocycles. The van der Waals surface area contributed by atoms with Gasteiger partial charge < -0.3 is 10.5 Å². The summed E-state index contributed by atoms with van der Waals surface area (Å²) in [4.78, 5) is 11.4. The van der Waals surface area contributed by atoms with Crippen LogP contribution in [0.15, 0.2) is 54.6 Å². The Bertz CT molecular complexity index is 1080. The molecule has 0 fully saturated rings. The first kappa shape index (κ1) is 14.3. The van der Waals surface area contributed by atoms with Crippen LogP contribution in [0.2, 0.25) is 0 Å². The number of carbonyl (C=O) groups excluding carboxylic acids is 1. The van der Waals surface area contributed by atoms with Crippen LogP contribution in [0.4, 0.5) is 0 Å². The predicted octanol–water partition coefficient (Wildman–Crippen LogP) is 3.49. The molecule has 0 aliphatic heterocycles. The van der Waals surface area contributed by atoms with Gasteiger partial charge in [-0.2, -0.15) is 5.10 Å². The Morgan fingerprint density at radius 3 is 2.62 bits per heavy atom. The first-order valence-electron chi connectivity index (χ1n) is 7.52. The number of H-pyrrole nitrogens is 1. The molecule has 1 aromatic heterocycles. The molecule has 5 heteroatoms. The highest BCUT2D eigenvalue weighted by Gasteiger charge is 2.11. The van der Waals surface area contributed by atoms with E-state index in [9.17, 15) is 4.79 Å². The first-order valence-corrected chi connectivity index (χ1v) is 7.52. The Hall–Kier alpha value is -3.34. The zero-order valence-corrected chi connectivity index (χ0v) is 13.0. The minimum atomic E-state index is -0.449. The lowest BCUT2D eigenvalue weighted by Crippen LogP contribution is -2.10. The summed E-state index contributed by atoms with van der Waals surface area (Å²) in [5.41, 5.74) is 8.49. The highest BCUT2D eigenvalue weighted by atomic mass is 16.5. The zero-order chi connectivity index (χ0) is 16.7. The van der Waals surface area contributed by atoms with E-state index >= 15 is 0 Å². The monoisotopic (exact) mass is 317 g/mol. The van der Waals surface area contributed by atoms with Crippen molar-refractivity contribution in [1.82, 2.24) is 10.2 Å². The Labute approximate surface area is 138 Å². The molecule has 3 N–H and O–H groups in total. The highest BCUT2D eigenvalue weighted by Crippen LogP contribution is 2.30. The van der Waals surface area contributed by atoms with Crippen molar-refractivity contribution in [1.29, 1.82) is 0 Å². The minimum Gasteiger partial charge on any atom is -0.497 e. The maximum atomic E-state index is 11.4. The Kier molecular flexibility index (Phi) is 3.20. The number of nitrogens with two attached hydrogens (primary N) is 1. The normalized spacial score (nSPS) is 11.0. The Balaban J connectivity index is 1.88. The number of aromatic amines is 1. The van der Waals surface area contributed by atoms with E-state index in [-0.39, 0.29) is 0 Å². The van der Waals surface area contributed by atoms with Crippen LogP contribution in [-0.4, -0.2) is 23.2 Å². The molecule has 0 radical (unpaired) electrons. The molecule has 24 heavy (non-hydrogen) atoms. The summed E-state index contributed by atoms with van der Waals surface area (Å²) in [6.07, 6.45) is 0. The van der Waals surface area contributed by atoms with Crippen LogP contribution in [-0.2, 0) is 0 Å². The lowest BCUT2D eigenvalue weighted by atomic mass is 10.0. The standard InChI is InChI=1S/C19H15N3O2/c1-24-15-6-4-11-8-13(3-2-12(11)9-15)18-16-10-14(19(20)23)5-7-17(16)21-22-18/h2-10H,1H3,(H2,20,23)(H,21,22). The third-order valence-corrected chi connectivity index (χ3v) is 4.17. The maximum absolute atomic E-state index is 11.4. The lowest BCUT2D eigenvalue weighted by molar-refractivity contribution is 0.100. The SMILES string of the molecule is COc1ccc2cc(-c3n[nH]c4ccc(C(N)=O)cc34)ccc2c1. The number of primary amides is 1. The van der Waals surface area contributed by atoms with E-state index in [1.54, 1.807) is 19.2 Å². The van der Waals surface area contributed by atoms with E-state index < -0.39 is 5.91 Å². The Morgan fingerprint density at radius 2 is 1.83 bits per heavy atom. The fraction of sp³-hybridized carbons (Fsp3) is 0.0526. The van der Waals surface area contributed by atoms with Gasteiger partial charge >= 0.3 is 0 Å². The number of fused-ring (bicyclic) bond motifs is 2. The summed E-state index contributed by atoms with van der Waals surface area (Å²) < 4.78 is 5.26. The molecule has 4 rings (SSSR count). The molecule has 0 saturated heterocycles. The summed E-state index contributed by atoms with van der Waals surface area (Å²) in [5.74, 6) is 0.376. The van der Waals surface area contributed by atoms with Gasteiger partial charge in [0.25, 0.3) is 0 Å². The van der Waals surface area contributed by atoms with E-state index in [2.05, 4.69) is 16.3 Å². The molecule has 118 valence electrons. The van der Waals surface area contributed by atoms with Crippen LogP contribution < -0.4 is 10.5 Å². The molecule has 1 heterocycles. The topological polar surface area (TPSA) is 81.0 Å². The summed E-state index contributed by atoms with van der Waals surface area (Å²) >= 11 is 0. The second kappa shape index (κ2) is 5.38. The van der Waals surface area contributed by atoms with Crippen molar-refractivity contribution in [3.63, 3.8) is 0 Å². The van der Waals surface area contributed by atoms with Crippen LogP contribution in [0.3, 0.4) is 0 Å². The van der Waals surface area contributed by atoms with Crippen molar-refractivity contribution in [2.75, 3.05) is 7.11 Å². The molecule has 1 amide bonds. The number of nitrogens with one attached hydrogen (secondary N) is 1.